The Morgan fingerprint density at radius 1 is 1.29 bits per heavy atom. The lowest BCUT2D eigenvalue weighted by Gasteiger charge is -2.08. The molecule has 2 heterocycles. The highest BCUT2D eigenvalue weighted by Crippen LogP contribution is 2.15. The molecule has 0 bridgehead atoms. The second kappa shape index (κ2) is 7.03. The van der Waals surface area contributed by atoms with Gasteiger partial charge in [-0.2, -0.15) is 18.2 Å². The second-order valence-electron chi connectivity index (χ2n) is 4.78. The summed E-state index contributed by atoms with van der Waals surface area (Å²) in [4.78, 5) is 31.0. The molecule has 130 valence electrons. The maximum atomic E-state index is 11.9. The molecule has 12 heteroatoms. The van der Waals surface area contributed by atoms with E-state index in [-0.39, 0.29) is 10.9 Å². The average molecular weight is 362 g/mol. The quantitative estimate of drug-likeness (QED) is 0.793. The van der Waals surface area contributed by atoms with Crippen molar-refractivity contribution in [1.29, 1.82) is 0 Å². The van der Waals surface area contributed by atoms with Crippen LogP contribution < -0.4 is 10.6 Å². The molecule has 0 aromatic carbocycles. The molecule has 2 N–H and O–H groups in total. The zero-order chi connectivity index (χ0) is 17.9. The maximum Gasteiger partial charge on any atom is 0.405 e. The van der Waals surface area contributed by atoms with Gasteiger partial charge in [0.15, 0.2) is 0 Å². The van der Waals surface area contributed by atoms with E-state index in [0.29, 0.717) is 5.78 Å². The third-order valence-electron chi connectivity index (χ3n) is 2.63. The van der Waals surface area contributed by atoms with Gasteiger partial charge in [-0.1, -0.05) is 11.8 Å². The number of carbonyl (C=O) groups is 2. The van der Waals surface area contributed by atoms with Crippen molar-refractivity contribution < 1.29 is 22.8 Å². The minimum atomic E-state index is -4.54. The smallest absolute Gasteiger partial charge is 0.329 e. The van der Waals surface area contributed by atoms with E-state index in [2.05, 4.69) is 15.1 Å². The van der Waals surface area contributed by atoms with Crippen LogP contribution in [0.3, 0.4) is 0 Å². The summed E-state index contributed by atoms with van der Waals surface area (Å²) in [6.45, 7) is 2.11. The number of aryl methyl sites for hydroxylation is 2. The number of urea groups is 1. The number of rotatable bonds is 4. The standard InChI is InChI=1S/C12H13F3N6O2S/c1-6-3-7(2)21-9(17-6)19-11(20-21)24-4-8(22)18-10(23)16-5-12(13,14)15/h3H,4-5H2,1-2H3,(H2,16,18,22,23). The topological polar surface area (TPSA) is 101 Å². The Bertz CT molecular complexity index is 776. The minimum Gasteiger partial charge on any atom is -0.329 e. The molecule has 0 spiro atoms. The SMILES string of the molecule is Cc1cc(C)n2nc(SCC(=O)NC(=O)NCC(F)(F)F)nc2n1. The van der Waals surface area contributed by atoms with Crippen LogP contribution in [-0.2, 0) is 4.79 Å². The molecule has 2 aromatic rings. The summed E-state index contributed by atoms with van der Waals surface area (Å²) in [5, 5.41) is 7.74. The van der Waals surface area contributed by atoms with Crippen molar-refractivity contribution in [2.24, 2.45) is 0 Å². The highest BCUT2D eigenvalue weighted by molar-refractivity contribution is 7.99. The number of hydrogen-bond acceptors (Lipinski definition) is 6. The monoisotopic (exact) mass is 362 g/mol. The Morgan fingerprint density at radius 2 is 2.00 bits per heavy atom. The Balaban J connectivity index is 1.88. The zero-order valence-electron chi connectivity index (χ0n) is 12.6. The van der Waals surface area contributed by atoms with Gasteiger partial charge >= 0.3 is 12.2 Å². The number of aromatic nitrogens is 4. The summed E-state index contributed by atoms with van der Waals surface area (Å²) in [6, 6.07) is 0.599. The number of fused-ring (bicyclic) bond motifs is 1. The van der Waals surface area contributed by atoms with Crippen molar-refractivity contribution in [3.8, 4) is 0 Å². The summed E-state index contributed by atoms with van der Waals surface area (Å²) >= 11 is 0.937. The van der Waals surface area contributed by atoms with Crippen molar-refractivity contribution in [3.63, 3.8) is 0 Å². The fraction of sp³-hybridized carbons (Fsp3) is 0.417. The number of halogens is 3. The predicted molar refractivity (Wildman–Crippen MR) is 78.6 cm³/mol. The number of alkyl halides is 3. The van der Waals surface area contributed by atoms with Crippen LogP contribution in [0.1, 0.15) is 11.4 Å². The van der Waals surface area contributed by atoms with Crippen molar-refractivity contribution >= 4 is 29.5 Å². The number of nitrogens with zero attached hydrogens (tertiary/aromatic N) is 4. The number of carbonyl (C=O) groups excluding carboxylic acids is 2. The number of hydrogen-bond donors (Lipinski definition) is 2. The van der Waals surface area contributed by atoms with Crippen LogP contribution in [0.5, 0.6) is 0 Å². The largest absolute Gasteiger partial charge is 0.405 e. The molecule has 0 radical (unpaired) electrons. The van der Waals surface area contributed by atoms with Crippen molar-refractivity contribution in [3.05, 3.63) is 17.5 Å². The van der Waals surface area contributed by atoms with Crippen LogP contribution in [-0.4, -0.2) is 50.0 Å². The fourth-order valence-electron chi connectivity index (χ4n) is 1.73. The first-order valence-corrected chi connectivity index (χ1v) is 7.61. The molecule has 0 aliphatic carbocycles. The van der Waals surface area contributed by atoms with E-state index in [9.17, 15) is 22.8 Å². The van der Waals surface area contributed by atoms with E-state index in [4.69, 9.17) is 0 Å². The highest BCUT2D eigenvalue weighted by atomic mass is 32.2. The number of imide groups is 1. The van der Waals surface area contributed by atoms with Crippen LogP contribution in [0.25, 0.3) is 5.78 Å². The lowest BCUT2D eigenvalue weighted by atomic mass is 10.4. The maximum absolute atomic E-state index is 11.9. The van der Waals surface area contributed by atoms with E-state index < -0.39 is 24.7 Å². The molecule has 0 aliphatic heterocycles. The Hall–Kier alpha value is -2.37. The van der Waals surface area contributed by atoms with E-state index >= 15 is 0 Å². The second-order valence-corrected chi connectivity index (χ2v) is 5.72. The van der Waals surface area contributed by atoms with Crippen molar-refractivity contribution in [1.82, 2.24) is 30.2 Å². The van der Waals surface area contributed by atoms with Crippen LogP contribution in [0.2, 0.25) is 0 Å². The molecule has 0 unspecified atom stereocenters. The highest BCUT2D eigenvalue weighted by Gasteiger charge is 2.28. The van der Waals surface area contributed by atoms with E-state index in [1.807, 2.05) is 19.9 Å². The van der Waals surface area contributed by atoms with Crippen LogP contribution in [0, 0.1) is 13.8 Å². The van der Waals surface area contributed by atoms with Crippen molar-refractivity contribution in [2.45, 2.75) is 25.2 Å². The number of amides is 3. The predicted octanol–water partition coefficient (Wildman–Crippen LogP) is 1.22. The van der Waals surface area contributed by atoms with Gasteiger partial charge in [0.2, 0.25) is 11.1 Å². The van der Waals surface area contributed by atoms with Crippen LogP contribution in [0.4, 0.5) is 18.0 Å². The van der Waals surface area contributed by atoms with Gasteiger partial charge in [0.1, 0.15) is 6.54 Å². The molecule has 24 heavy (non-hydrogen) atoms. The van der Waals surface area contributed by atoms with Crippen LogP contribution >= 0.6 is 11.8 Å². The number of nitrogens with one attached hydrogen (secondary N) is 2. The van der Waals surface area contributed by atoms with Gasteiger partial charge in [0.05, 0.1) is 5.75 Å². The van der Waals surface area contributed by atoms with Gasteiger partial charge in [-0.15, -0.1) is 5.10 Å². The Kier molecular flexibility index (Phi) is 5.26. The summed E-state index contributed by atoms with van der Waals surface area (Å²) in [5.41, 5.74) is 1.58. The lowest BCUT2D eigenvalue weighted by molar-refractivity contribution is -0.124. The van der Waals surface area contributed by atoms with Gasteiger partial charge in [-0.3, -0.25) is 10.1 Å². The van der Waals surface area contributed by atoms with Gasteiger partial charge in [-0.05, 0) is 19.9 Å². The summed E-state index contributed by atoms with van der Waals surface area (Å²) in [7, 11) is 0. The molecule has 8 nitrogen and oxygen atoms in total. The third-order valence-corrected chi connectivity index (χ3v) is 3.47. The van der Waals surface area contributed by atoms with E-state index in [0.717, 1.165) is 23.1 Å². The minimum absolute atomic E-state index is 0.228. The molecule has 2 rings (SSSR count). The molecule has 2 aromatic heterocycles. The zero-order valence-corrected chi connectivity index (χ0v) is 13.5. The van der Waals surface area contributed by atoms with E-state index in [1.165, 1.54) is 9.83 Å². The molecular weight excluding hydrogens is 349 g/mol. The van der Waals surface area contributed by atoms with Crippen molar-refractivity contribution in [2.75, 3.05) is 12.3 Å². The average Bonchev–Trinajstić information content (AvgIpc) is 2.85. The molecule has 0 fully saturated rings. The molecule has 0 saturated carbocycles. The molecule has 0 saturated heterocycles. The molecule has 3 amide bonds. The third kappa shape index (κ3) is 5.08. The van der Waals surface area contributed by atoms with Crippen LogP contribution in [0.15, 0.2) is 11.2 Å². The normalized spacial score (nSPS) is 11.5. The van der Waals surface area contributed by atoms with Gasteiger partial charge in [0.25, 0.3) is 5.78 Å². The molecule has 0 aliphatic rings. The summed E-state index contributed by atoms with van der Waals surface area (Å²) in [6.07, 6.45) is -4.54. The molecule has 0 atom stereocenters. The Labute approximate surface area is 138 Å². The van der Waals surface area contributed by atoms with E-state index in [1.54, 1.807) is 5.32 Å². The fourth-order valence-corrected chi connectivity index (χ4v) is 2.34. The van der Waals surface area contributed by atoms with Gasteiger partial charge in [-0.25, -0.2) is 14.3 Å². The van der Waals surface area contributed by atoms with Gasteiger partial charge < -0.3 is 5.32 Å². The summed E-state index contributed by atoms with van der Waals surface area (Å²) < 4.78 is 37.3. The molecular formula is C12H13F3N6O2S. The first-order chi connectivity index (χ1) is 11.1. The van der Waals surface area contributed by atoms with Gasteiger partial charge in [0, 0.05) is 11.4 Å². The summed E-state index contributed by atoms with van der Waals surface area (Å²) in [5.74, 6) is -0.619. The first kappa shape index (κ1) is 18.0. The Morgan fingerprint density at radius 3 is 2.67 bits per heavy atom. The lowest BCUT2D eigenvalue weighted by Crippen LogP contribution is -2.43. The first-order valence-electron chi connectivity index (χ1n) is 6.62. The number of thioether (sulfide) groups is 1.